The third kappa shape index (κ3) is 3.88. The van der Waals surface area contributed by atoms with Gasteiger partial charge in [-0.15, -0.1) is 0 Å². The molecule has 5 heteroatoms. The van der Waals surface area contributed by atoms with Gasteiger partial charge in [-0.05, 0) is 54.2 Å². The summed E-state index contributed by atoms with van der Waals surface area (Å²) >= 11 is 6.07. The first-order valence-corrected chi connectivity index (χ1v) is 9.27. The predicted molar refractivity (Wildman–Crippen MR) is 96.9 cm³/mol. The Kier molecular flexibility index (Phi) is 4.79. The zero-order valence-corrected chi connectivity index (χ0v) is 15.6. The highest BCUT2D eigenvalue weighted by Gasteiger charge is 2.23. The van der Waals surface area contributed by atoms with Crippen molar-refractivity contribution >= 4 is 27.3 Å². The van der Waals surface area contributed by atoms with Crippen LogP contribution in [0, 0.1) is 13.8 Å². The van der Waals surface area contributed by atoms with E-state index < -0.39 is 10.0 Å². The van der Waals surface area contributed by atoms with Crippen LogP contribution in [0.2, 0.25) is 5.02 Å². The van der Waals surface area contributed by atoms with Crippen LogP contribution in [0.25, 0.3) is 0 Å². The molecule has 0 aliphatic heterocycles. The summed E-state index contributed by atoms with van der Waals surface area (Å²) in [4.78, 5) is 0.294. The van der Waals surface area contributed by atoms with Gasteiger partial charge in [0.15, 0.2) is 0 Å². The van der Waals surface area contributed by atoms with Crippen molar-refractivity contribution < 1.29 is 8.42 Å². The lowest BCUT2D eigenvalue weighted by Gasteiger charge is -2.22. The highest BCUT2D eigenvalue weighted by atomic mass is 35.5. The van der Waals surface area contributed by atoms with Gasteiger partial charge in [0.2, 0.25) is 0 Å². The molecule has 0 aromatic heterocycles. The molecule has 0 spiro atoms. The van der Waals surface area contributed by atoms with Crippen LogP contribution in [0.5, 0.6) is 0 Å². The number of halogens is 1. The van der Waals surface area contributed by atoms with Crippen molar-refractivity contribution in [2.75, 3.05) is 4.72 Å². The fraction of sp³-hybridized carbons (Fsp3) is 0.333. The normalized spacial score (nSPS) is 12.3. The molecule has 0 unspecified atom stereocenters. The summed E-state index contributed by atoms with van der Waals surface area (Å²) in [6.07, 6.45) is 0. The molecule has 2 aromatic carbocycles. The molecule has 2 rings (SSSR count). The molecule has 1 N–H and O–H groups in total. The maximum Gasteiger partial charge on any atom is 0.262 e. The molecular weight excluding hydrogens is 330 g/mol. The van der Waals surface area contributed by atoms with E-state index in [0.717, 1.165) is 16.7 Å². The molecule has 23 heavy (non-hydrogen) atoms. The van der Waals surface area contributed by atoms with Crippen LogP contribution in [-0.4, -0.2) is 8.42 Å². The highest BCUT2D eigenvalue weighted by Crippen LogP contribution is 2.31. The first-order chi connectivity index (χ1) is 10.5. The van der Waals surface area contributed by atoms with Crippen LogP contribution in [-0.2, 0) is 15.4 Å². The Balaban J connectivity index is 2.56. The average molecular weight is 352 g/mol. The van der Waals surface area contributed by atoms with Crippen molar-refractivity contribution in [3.63, 3.8) is 0 Å². The van der Waals surface area contributed by atoms with Crippen LogP contribution in [0.1, 0.15) is 37.5 Å². The van der Waals surface area contributed by atoms with E-state index in [9.17, 15) is 8.42 Å². The molecule has 0 heterocycles. The van der Waals surface area contributed by atoms with Gasteiger partial charge in [-0.1, -0.05) is 50.6 Å². The van der Waals surface area contributed by atoms with E-state index in [1.807, 2.05) is 19.9 Å². The third-order valence-electron chi connectivity index (χ3n) is 3.89. The van der Waals surface area contributed by atoms with E-state index in [0.29, 0.717) is 15.6 Å². The van der Waals surface area contributed by atoms with E-state index in [4.69, 9.17) is 11.6 Å². The number of aryl methyl sites for hydroxylation is 1. The number of rotatable bonds is 3. The fourth-order valence-electron chi connectivity index (χ4n) is 2.28. The number of anilines is 1. The maximum atomic E-state index is 12.8. The first kappa shape index (κ1) is 17.8. The summed E-state index contributed by atoms with van der Waals surface area (Å²) in [6.45, 7) is 9.95. The van der Waals surface area contributed by atoms with Gasteiger partial charge in [-0.25, -0.2) is 8.42 Å². The van der Waals surface area contributed by atoms with Crippen molar-refractivity contribution in [2.45, 2.75) is 44.9 Å². The minimum absolute atomic E-state index is 0.132. The topological polar surface area (TPSA) is 46.2 Å². The molecule has 0 saturated carbocycles. The monoisotopic (exact) mass is 351 g/mol. The van der Waals surface area contributed by atoms with Crippen LogP contribution >= 0.6 is 11.6 Å². The van der Waals surface area contributed by atoms with Crippen LogP contribution in [0.3, 0.4) is 0 Å². The molecule has 0 atom stereocenters. The summed E-state index contributed by atoms with van der Waals surface area (Å²) in [6, 6.07) is 10.6. The van der Waals surface area contributed by atoms with Crippen LogP contribution in [0.4, 0.5) is 5.69 Å². The largest absolute Gasteiger partial charge is 0.278 e. The second-order valence-electron chi connectivity index (χ2n) is 6.75. The number of benzene rings is 2. The van der Waals surface area contributed by atoms with Crippen molar-refractivity contribution in [1.82, 2.24) is 0 Å². The fourth-order valence-corrected chi connectivity index (χ4v) is 3.95. The molecule has 0 aliphatic rings. The lowest BCUT2D eigenvalue weighted by molar-refractivity contribution is 0.583. The van der Waals surface area contributed by atoms with E-state index >= 15 is 0 Å². The number of para-hydroxylation sites is 1. The quantitative estimate of drug-likeness (QED) is 0.840. The predicted octanol–water partition coefficient (Wildman–Crippen LogP) is 5.06. The second-order valence-corrected chi connectivity index (χ2v) is 8.81. The summed E-state index contributed by atoms with van der Waals surface area (Å²) in [5.74, 6) is 0. The second kappa shape index (κ2) is 6.17. The SMILES string of the molecule is Cc1cc(C(C)(C)C)cc(S(=O)(=O)Nc2ccccc2Cl)c1C. The van der Waals surface area contributed by atoms with Crippen molar-refractivity contribution in [1.29, 1.82) is 0 Å². The van der Waals surface area contributed by atoms with Gasteiger partial charge < -0.3 is 0 Å². The minimum Gasteiger partial charge on any atom is -0.278 e. The number of hydrogen-bond acceptors (Lipinski definition) is 2. The average Bonchev–Trinajstić information content (AvgIpc) is 2.42. The van der Waals surface area contributed by atoms with Gasteiger partial charge in [0.1, 0.15) is 0 Å². The van der Waals surface area contributed by atoms with Crippen molar-refractivity contribution in [3.05, 3.63) is 58.1 Å². The molecule has 0 aliphatic carbocycles. The third-order valence-corrected chi connectivity index (χ3v) is 5.71. The van der Waals surface area contributed by atoms with Gasteiger partial charge in [0.05, 0.1) is 15.6 Å². The van der Waals surface area contributed by atoms with Gasteiger partial charge in [0, 0.05) is 0 Å². The van der Waals surface area contributed by atoms with E-state index in [1.165, 1.54) is 0 Å². The minimum atomic E-state index is -3.71. The van der Waals surface area contributed by atoms with Gasteiger partial charge in [-0.3, -0.25) is 4.72 Å². The standard InChI is InChI=1S/C18H22ClNO2S/c1-12-10-14(18(3,4)5)11-17(13(12)2)23(21,22)20-16-9-7-6-8-15(16)19/h6-11,20H,1-5H3. The Morgan fingerprint density at radius 2 is 1.65 bits per heavy atom. The van der Waals surface area contributed by atoms with Crippen LogP contribution in [0.15, 0.2) is 41.3 Å². The van der Waals surface area contributed by atoms with Gasteiger partial charge >= 0.3 is 0 Å². The Bertz CT molecular complexity index is 837. The molecular formula is C18H22ClNO2S. The summed E-state index contributed by atoms with van der Waals surface area (Å²) in [5, 5.41) is 0.373. The summed E-state index contributed by atoms with van der Waals surface area (Å²) < 4.78 is 28.3. The Hall–Kier alpha value is -1.52. The summed E-state index contributed by atoms with van der Waals surface area (Å²) in [5.41, 5.74) is 2.94. The molecule has 3 nitrogen and oxygen atoms in total. The van der Waals surface area contributed by atoms with E-state index in [1.54, 1.807) is 30.3 Å². The summed E-state index contributed by atoms with van der Waals surface area (Å²) in [7, 11) is -3.71. The van der Waals surface area contributed by atoms with Gasteiger partial charge in [-0.2, -0.15) is 0 Å². The van der Waals surface area contributed by atoms with Crippen LogP contribution < -0.4 is 4.72 Å². The van der Waals surface area contributed by atoms with Crippen molar-refractivity contribution in [3.8, 4) is 0 Å². The lowest BCUT2D eigenvalue weighted by atomic mass is 9.85. The maximum absolute atomic E-state index is 12.8. The molecule has 2 aromatic rings. The zero-order chi connectivity index (χ0) is 17.4. The van der Waals surface area contributed by atoms with E-state index in [2.05, 4.69) is 25.5 Å². The first-order valence-electron chi connectivity index (χ1n) is 7.41. The number of nitrogens with one attached hydrogen (secondary N) is 1. The smallest absolute Gasteiger partial charge is 0.262 e. The highest BCUT2D eigenvalue weighted by molar-refractivity contribution is 7.92. The van der Waals surface area contributed by atoms with Crippen molar-refractivity contribution in [2.24, 2.45) is 0 Å². The zero-order valence-electron chi connectivity index (χ0n) is 14.1. The molecule has 0 bridgehead atoms. The Morgan fingerprint density at radius 3 is 2.22 bits per heavy atom. The lowest BCUT2D eigenvalue weighted by Crippen LogP contribution is -2.18. The van der Waals surface area contributed by atoms with E-state index in [-0.39, 0.29) is 5.41 Å². The number of hydrogen-bond donors (Lipinski definition) is 1. The Labute approximate surface area is 143 Å². The van der Waals surface area contributed by atoms with Gasteiger partial charge in [0.25, 0.3) is 10.0 Å². The molecule has 124 valence electrons. The molecule has 0 amide bonds. The molecule has 0 fully saturated rings. The molecule has 0 saturated heterocycles. The Morgan fingerprint density at radius 1 is 1.04 bits per heavy atom. The number of sulfonamides is 1. The molecule has 0 radical (unpaired) electrons.